The van der Waals surface area contributed by atoms with E-state index in [9.17, 15) is 13.2 Å². The van der Waals surface area contributed by atoms with Crippen molar-refractivity contribution in [1.29, 1.82) is 0 Å². The summed E-state index contributed by atoms with van der Waals surface area (Å²) >= 11 is 6.17. The molecule has 3 aromatic rings. The molecule has 2 atom stereocenters. The van der Waals surface area contributed by atoms with Crippen molar-refractivity contribution in [2.75, 3.05) is 13.2 Å². The van der Waals surface area contributed by atoms with E-state index < -0.39 is 22.0 Å². The Morgan fingerprint density at radius 2 is 1.76 bits per heavy atom. The largest absolute Gasteiger partial charge is 0.486 e. The van der Waals surface area contributed by atoms with Gasteiger partial charge in [0.05, 0.1) is 17.6 Å². The summed E-state index contributed by atoms with van der Waals surface area (Å²) in [5, 5.41) is 2.89. The summed E-state index contributed by atoms with van der Waals surface area (Å²) in [6, 6.07) is 20.6. The Bertz CT molecular complexity index is 1250. The van der Waals surface area contributed by atoms with Crippen molar-refractivity contribution in [1.82, 2.24) is 10.0 Å². The Morgan fingerprint density at radius 1 is 1.06 bits per heavy atom. The number of nitrogens with one attached hydrogen (secondary N) is 2. The number of para-hydroxylation sites is 2. The molecule has 1 aliphatic heterocycles. The van der Waals surface area contributed by atoms with Gasteiger partial charge in [0.2, 0.25) is 10.0 Å². The summed E-state index contributed by atoms with van der Waals surface area (Å²) in [6.07, 6.45) is -0.508. The van der Waals surface area contributed by atoms with Gasteiger partial charge in [0.15, 0.2) is 11.5 Å². The second kappa shape index (κ2) is 9.82. The lowest BCUT2D eigenvalue weighted by molar-refractivity contribution is 0.0939. The Kier molecular flexibility index (Phi) is 6.88. The fourth-order valence-corrected chi connectivity index (χ4v) is 4.99. The number of benzene rings is 3. The molecule has 0 saturated heterocycles. The monoisotopic (exact) mass is 486 g/mol. The Labute approximate surface area is 197 Å². The predicted octanol–water partition coefficient (Wildman–Crippen LogP) is 3.95. The zero-order valence-corrected chi connectivity index (χ0v) is 19.4. The maximum absolute atomic E-state index is 12.9. The lowest BCUT2D eigenvalue weighted by Gasteiger charge is -2.26. The SMILES string of the molecule is C[C@H](NC(=O)c1ccc(Cl)c(S(=O)(=O)NC[C@H]2COc3ccccc3O2)c1)c1ccccc1. The number of fused-ring (bicyclic) bond motifs is 1. The van der Waals surface area contributed by atoms with Crippen molar-refractivity contribution in [3.8, 4) is 11.5 Å². The van der Waals surface area contributed by atoms with Gasteiger partial charge in [-0.05, 0) is 42.8 Å². The second-order valence-electron chi connectivity index (χ2n) is 7.60. The highest BCUT2D eigenvalue weighted by atomic mass is 35.5. The van der Waals surface area contributed by atoms with E-state index in [0.29, 0.717) is 11.5 Å². The third-order valence-corrected chi connectivity index (χ3v) is 7.10. The van der Waals surface area contributed by atoms with Crippen LogP contribution in [0, 0.1) is 0 Å². The molecule has 172 valence electrons. The standard InChI is InChI=1S/C24H23ClN2O5S/c1-16(17-7-3-2-4-8-17)27-24(28)18-11-12-20(25)23(13-18)33(29,30)26-14-19-15-31-21-9-5-6-10-22(21)32-19/h2-13,16,19,26H,14-15H2,1H3,(H,27,28)/t16-,19-/m0/s1. The van der Waals surface area contributed by atoms with Crippen molar-refractivity contribution in [2.24, 2.45) is 0 Å². The topological polar surface area (TPSA) is 93.7 Å². The maximum Gasteiger partial charge on any atom is 0.251 e. The van der Waals surface area contributed by atoms with Crippen LogP contribution in [0.15, 0.2) is 77.7 Å². The van der Waals surface area contributed by atoms with Crippen molar-refractivity contribution in [3.63, 3.8) is 0 Å². The third-order valence-electron chi connectivity index (χ3n) is 5.20. The van der Waals surface area contributed by atoms with Crippen LogP contribution in [0.2, 0.25) is 5.02 Å². The number of carbonyl (C=O) groups excluding carboxylic acids is 1. The Balaban J connectivity index is 1.44. The molecule has 9 heteroatoms. The summed E-state index contributed by atoms with van der Waals surface area (Å²) < 4.78 is 39.8. The highest BCUT2D eigenvalue weighted by Crippen LogP contribution is 2.31. The fourth-order valence-electron chi connectivity index (χ4n) is 3.40. The minimum absolute atomic E-state index is 0.0151. The molecule has 0 unspecified atom stereocenters. The van der Waals surface area contributed by atoms with Crippen LogP contribution >= 0.6 is 11.6 Å². The third kappa shape index (κ3) is 5.47. The first kappa shape index (κ1) is 23.1. The molecule has 0 bridgehead atoms. The highest BCUT2D eigenvalue weighted by Gasteiger charge is 2.25. The molecule has 1 amide bonds. The van der Waals surface area contributed by atoms with E-state index in [0.717, 1.165) is 5.56 Å². The average molecular weight is 487 g/mol. The molecular formula is C24H23ClN2O5S. The van der Waals surface area contributed by atoms with Gasteiger partial charge >= 0.3 is 0 Å². The van der Waals surface area contributed by atoms with E-state index in [-0.39, 0.29) is 34.7 Å². The number of hydrogen-bond donors (Lipinski definition) is 2. The number of carbonyl (C=O) groups is 1. The molecule has 3 aromatic carbocycles. The fraction of sp³-hybridized carbons (Fsp3) is 0.208. The first-order valence-electron chi connectivity index (χ1n) is 10.4. The molecule has 0 aromatic heterocycles. The number of halogens is 1. The van der Waals surface area contributed by atoms with E-state index in [1.54, 1.807) is 12.1 Å². The van der Waals surface area contributed by atoms with Crippen LogP contribution in [-0.4, -0.2) is 33.6 Å². The molecular weight excluding hydrogens is 464 g/mol. The molecule has 7 nitrogen and oxygen atoms in total. The minimum Gasteiger partial charge on any atom is -0.486 e. The molecule has 1 aliphatic rings. The van der Waals surface area contributed by atoms with Crippen molar-refractivity contribution >= 4 is 27.5 Å². The van der Waals surface area contributed by atoms with Crippen LogP contribution in [-0.2, 0) is 10.0 Å². The van der Waals surface area contributed by atoms with Crippen LogP contribution in [0.3, 0.4) is 0 Å². The van der Waals surface area contributed by atoms with Crippen LogP contribution < -0.4 is 19.5 Å². The lowest BCUT2D eigenvalue weighted by atomic mass is 10.1. The normalized spacial score (nSPS) is 16.1. The second-order valence-corrected chi connectivity index (χ2v) is 9.74. The summed E-state index contributed by atoms with van der Waals surface area (Å²) in [7, 11) is -4.00. The van der Waals surface area contributed by atoms with Crippen LogP contribution in [0.5, 0.6) is 11.5 Å². The molecule has 0 saturated carbocycles. The van der Waals surface area contributed by atoms with Crippen LogP contribution in [0.4, 0.5) is 0 Å². The van der Waals surface area contributed by atoms with E-state index in [1.807, 2.05) is 49.4 Å². The maximum atomic E-state index is 12.9. The summed E-state index contributed by atoms with van der Waals surface area (Å²) in [5.74, 6) is 0.764. The van der Waals surface area contributed by atoms with Gasteiger partial charge < -0.3 is 14.8 Å². The Hall–Kier alpha value is -3.07. The van der Waals surface area contributed by atoms with Gasteiger partial charge in [-0.15, -0.1) is 0 Å². The van der Waals surface area contributed by atoms with Gasteiger partial charge in [0, 0.05) is 5.56 Å². The molecule has 4 rings (SSSR count). The van der Waals surface area contributed by atoms with Crippen LogP contribution in [0.1, 0.15) is 28.9 Å². The number of rotatable bonds is 7. The number of ether oxygens (including phenoxy) is 2. The van der Waals surface area contributed by atoms with Gasteiger partial charge in [-0.25, -0.2) is 13.1 Å². The smallest absolute Gasteiger partial charge is 0.251 e. The first-order valence-corrected chi connectivity index (χ1v) is 12.2. The predicted molar refractivity (Wildman–Crippen MR) is 125 cm³/mol. The van der Waals surface area contributed by atoms with Crippen LogP contribution in [0.25, 0.3) is 0 Å². The molecule has 0 fully saturated rings. The summed E-state index contributed by atoms with van der Waals surface area (Å²) in [5.41, 5.74) is 1.12. The van der Waals surface area contributed by atoms with Crippen molar-refractivity contribution in [2.45, 2.75) is 24.0 Å². The van der Waals surface area contributed by atoms with E-state index in [4.69, 9.17) is 21.1 Å². The van der Waals surface area contributed by atoms with Gasteiger partial charge in [-0.1, -0.05) is 54.1 Å². The molecule has 0 spiro atoms. The van der Waals surface area contributed by atoms with E-state index in [1.165, 1.54) is 18.2 Å². The average Bonchev–Trinajstić information content (AvgIpc) is 2.83. The van der Waals surface area contributed by atoms with Gasteiger partial charge in [0.25, 0.3) is 5.91 Å². The molecule has 1 heterocycles. The Morgan fingerprint density at radius 3 is 2.52 bits per heavy atom. The van der Waals surface area contributed by atoms with Gasteiger partial charge in [0.1, 0.15) is 17.6 Å². The zero-order chi connectivity index (χ0) is 23.4. The number of hydrogen-bond acceptors (Lipinski definition) is 5. The molecule has 0 aliphatic carbocycles. The van der Waals surface area contributed by atoms with Gasteiger partial charge in [-0.3, -0.25) is 4.79 Å². The van der Waals surface area contributed by atoms with Crippen molar-refractivity contribution in [3.05, 3.63) is 88.9 Å². The molecule has 0 radical (unpaired) electrons. The number of sulfonamides is 1. The molecule has 2 N–H and O–H groups in total. The minimum atomic E-state index is -4.00. The number of amides is 1. The summed E-state index contributed by atoms with van der Waals surface area (Å²) in [4.78, 5) is 12.6. The highest BCUT2D eigenvalue weighted by molar-refractivity contribution is 7.89. The van der Waals surface area contributed by atoms with Gasteiger partial charge in [-0.2, -0.15) is 0 Å². The van der Waals surface area contributed by atoms with E-state index in [2.05, 4.69) is 10.0 Å². The summed E-state index contributed by atoms with van der Waals surface area (Å²) in [6.45, 7) is 2.04. The first-order chi connectivity index (χ1) is 15.8. The van der Waals surface area contributed by atoms with E-state index >= 15 is 0 Å². The quantitative estimate of drug-likeness (QED) is 0.527. The zero-order valence-electron chi connectivity index (χ0n) is 17.8. The lowest BCUT2D eigenvalue weighted by Crippen LogP contribution is -2.40. The van der Waals surface area contributed by atoms with Crippen molar-refractivity contribution < 1.29 is 22.7 Å². The molecule has 33 heavy (non-hydrogen) atoms.